The lowest BCUT2D eigenvalue weighted by Crippen LogP contribution is -2.26. The highest BCUT2D eigenvalue weighted by molar-refractivity contribution is 5.98. The standard InChI is InChI=1S/C14H21N5O.2ClH/c1-9(2)19-13-11(8-17-19)7-12(10(3)18-13)14(20)16-6-4-5-15;;/h7-9H,4-6,15H2,1-3H3,(H,16,20);2*1H. The van der Waals surface area contributed by atoms with Crippen molar-refractivity contribution >= 4 is 41.8 Å². The van der Waals surface area contributed by atoms with Crippen LogP contribution in [-0.4, -0.2) is 33.8 Å². The Balaban J connectivity index is 0.00000220. The number of pyridine rings is 1. The van der Waals surface area contributed by atoms with Gasteiger partial charge in [0.15, 0.2) is 5.65 Å². The summed E-state index contributed by atoms with van der Waals surface area (Å²) in [6.45, 7) is 7.10. The smallest absolute Gasteiger partial charge is 0.253 e. The van der Waals surface area contributed by atoms with E-state index in [9.17, 15) is 4.79 Å². The van der Waals surface area contributed by atoms with Crippen LogP contribution in [0.2, 0.25) is 0 Å². The molecule has 3 N–H and O–H groups in total. The second-order valence-electron chi connectivity index (χ2n) is 5.12. The van der Waals surface area contributed by atoms with E-state index < -0.39 is 0 Å². The molecule has 2 rings (SSSR count). The Bertz CT molecular complexity index is 627. The van der Waals surface area contributed by atoms with E-state index >= 15 is 0 Å². The Morgan fingerprint density at radius 2 is 2.09 bits per heavy atom. The molecule has 22 heavy (non-hydrogen) atoms. The van der Waals surface area contributed by atoms with Crippen molar-refractivity contribution in [3.63, 3.8) is 0 Å². The molecule has 2 aromatic heterocycles. The number of carbonyl (C=O) groups is 1. The largest absolute Gasteiger partial charge is 0.352 e. The number of hydrogen-bond donors (Lipinski definition) is 2. The van der Waals surface area contributed by atoms with Gasteiger partial charge in [0, 0.05) is 18.0 Å². The predicted molar refractivity (Wildman–Crippen MR) is 93.2 cm³/mol. The minimum atomic E-state index is -0.109. The number of nitrogens with one attached hydrogen (secondary N) is 1. The summed E-state index contributed by atoms with van der Waals surface area (Å²) in [5.74, 6) is -0.109. The number of amides is 1. The highest BCUT2D eigenvalue weighted by Crippen LogP contribution is 2.19. The van der Waals surface area contributed by atoms with E-state index in [0.29, 0.717) is 24.3 Å². The summed E-state index contributed by atoms with van der Waals surface area (Å²) in [7, 11) is 0. The van der Waals surface area contributed by atoms with E-state index in [0.717, 1.165) is 17.5 Å². The van der Waals surface area contributed by atoms with Gasteiger partial charge in [-0.3, -0.25) is 4.79 Å². The Morgan fingerprint density at radius 1 is 1.41 bits per heavy atom. The van der Waals surface area contributed by atoms with Crippen molar-refractivity contribution in [1.82, 2.24) is 20.1 Å². The van der Waals surface area contributed by atoms with E-state index in [1.807, 2.05) is 17.7 Å². The number of halogens is 2. The SMILES string of the molecule is Cc1nc2c(cnn2C(C)C)cc1C(=O)NCCCN.Cl.Cl. The maximum atomic E-state index is 12.1. The molecule has 0 saturated heterocycles. The van der Waals surface area contributed by atoms with Crippen molar-refractivity contribution in [2.24, 2.45) is 5.73 Å². The first-order valence-corrected chi connectivity index (χ1v) is 6.87. The first-order valence-electron chi connectivity index (χ1n) is 6.87. The highest BCUT2D eigenvalue weighted by Gasteiger charge is 2.14. The molecule has 124 valence electrons. The molecule has 0 aliphatic rings. The third-order valence-corrected chi connectivity index (χ3v) is 3.16. The zero-order chi connectivity index (χ0) is 14.7. The van der Waals surface area contributed by atoms with Crippen LogP contribution in [0.25, 0.3) is 11.0 Å². The van der Waals surface area contributed by atoms with E-state index in [4.69, 9.17) is 5.73 Å². The molecule has 8 heteroatoms. The topological polar surface area (TPSA) is 85.8 Å². The van der Waals surface area contributed by atoms with Crippen LogP contribution in [0.1, 0.15) is 42.4 Å². The number of nitrogens with two attached hydrogens (primary N) is 1. The average Bonchev–Trinajstić information content (AvgIpc) is 2.80. The molecule has 0 atom stereocenters. The van der Waals surface area contributed by atoms with Gasteiger partial charge in [-0.1, -0.05) is 0 Å². The normalized spacial score (nSPS) is 10.2. The molecular formula is C14H23Cl2N5O. The molecule has 0 aliphatic heterocycles. The van der Waals surface area contributed by atoms with Gasteiger partial charge in [-0.05, 0) is 39.8 Å². The van der Waals surface area contributed by atoms with Crippen molar-refractivity contribution in [3.05, 3.63) is 23.5 Å². The lowest BCUT2D eigenvalue weighted by molar-refractivity contribution is 0.0952. The number of aryl methyl sites for hydroxylation is 1. The summed E-state index contributed by atoms with van der Waals surface area (Å²) in [6, 6.07) is 2.09. The van der Waals surface area contributed by atoms with Crippen LogP contribution < -0.4 is 11.1 Å². The van der Waals surface area contributed by atoms with Gasteiger partial charge in [0.25, 0.3) is 5.91 Å². The van der Waals surface area contributed by atoms with E-state index in [2.05, 4.69) is 29.2 Å². The van der Waals surface area contributed by atoms with Gasteiger partial charge in [-0.25, -0.2) is 9.67 Å². The Morgan fingerprint density at radius 3 is 2.68 bits per heavy atom. The minimum Gasteiger partial charge on any atom is -0.352 e. The number of hydrogen-bond acceptors (Lipinski definition) is 4. The summed E-state index contributed by atoms with van der Waals surface area (Å²) in [4.78, 5) is 16.6. The quantitative estimate of drug-likeness (QED) is 0.812. The predicted octanol–water partition coefficient (Wildman–Crippen LogP) is 2.24. The third kappa shape index (κ3) is 4.32. The van der Waals surface area contributed by atoms with Crippen molar-refractivity contribution in [1.29, 1.82) is 0 Å². The Labute approximate surface area is 142 Å². The number of nitrogens with zero attached hydrogens (tertiary/aromatic N) is 3. The van der Waals surface area contributed by atoms with E-state index in [1.165, 1.54) is 0 Å². The maximum Gasteiger partial charge on any atom is 0.253 e. The van der Waals surface area contributed by atoms with Crippen LogP contribution in [0.3, 0.4) is 0 Å². The van der Waals surface area contributed by atoms with Gasteiger partial charge in [0.1, 0.15) is 0 Å². The Kier molecular flexibility index (Phi) is 8.37. The first kappa shape index (κ1) is 20.6. The highest BCUT2D eigenvalue weighted by atomic mass is 35.5. The number of aromatic nitrogens is 3. The molecule has 0 bridgehead atoms. The summed E-state index contributed by atoms with van der Waals surface area (Å²) in [6.07, 6.45) is 2.52. The summed E-state index contributed by atoms with van der Waals surface area (Å²) in [5, 5.41) is 8.05. The van der Waals surface area contributed by atoms with Crippen molar-refractivity contribution in [2.45, 2.75) is 33.2 Å². The van der Waals surface area contributed by atoms with Crippen LogP contribution in [-0.2, 0) is 0 Å². The van der Waals surface area contributed by atoms with Crippen LogP contribution in [0.4, 0.5) is 0 Å². The molecule has 0 unspecified atom stereocenters. The van der Waals surface area contributed by atoms with Crippen LogP contribution in [0.15, 0.2) is 12.3 Å². The fraction of sp³-hybridized carbons (Fsp3) is 0.500. The first-order chi connectivity index (χ1) is 9.54. The van der Waals surface area contributed by atoms with Crippen molar-refractivity contribution in [3.8, 4) is 0 Å². The maximum absolute atomic E-state index is 12.1. The van der Waals surface area contributed by atoms with Gasteiger partial charge < -0.3 is 11.1 Å². The lowest BCUT2D eigenvalue weighted by Gasteiger charge is -2.09. The lowest BCUT2D eigenvalue weighted by atomic mass is 10.1. The molecule has 1 amide bonds. The van der Waals surface area contributed by atoms with Gasteiger partial charge in [0.2, 0.25) is 0 Å². The second-order valence-corrected chi connectivity index (χ2v) is 5.12. The molecule has 2 heterocycles. The molecular weight excluding hydrogens is 325 g/mol. The fourth-order valence-electron chi connectivity index (χ4n) is 2.07. The molecule has 0 saturated carbocycles. The van der Waals surface area contributed by atoms with E-state index in [-0.39, 0.29) is 36.8 Å². The Hall–Kier alpha value is -1.37. The zero-order valence-corrected chi connectivity index (χ0v) is 14.6. The van der Waals surface area contributed by atoms with Crippen LogP contribution in [0, 0.1) is 6.92 Å². The van der Waals surface area contributed by atoms with Gasteiger partial charge in [-0.2, -0.15) is 5.10 Å². The molecule has 0 radical (unpaired) electrons. The number of fused-ring (bicyclic) bond motifs is 1. The molecule has 0 aliphatic carbocycles. The van der Waals surface area contributed by atoms with Crippen LogP contribution >= 0.6 is 24.8 Å². The third-order valence-electron chi connectivity index (χ3n) is 3.16. The molecule has 0 aromatic carbocycles. The van der Waals surface area contributed by atoms with Crippen molar-refractivity contribution < 1.29 is 4.79 Å². The molecule has 0 spiro atoms. The summed E-state index contributed by atoms with van der Waals surface area (Å²) >= 11 is 0. The number of carbonyl (C=O) groups excluding carboxylic acids is 1. The van der Waals surface area contributed by atoms with Gasteiger partial charge in [-0.15, -0.1) is 24.8 Å². The summed E-state index contributed by atoms with van der Waals surface area (Å²) < 4.78 is 1.86. The molecule has 0 fully saturated rings. The number of rotatable bonds is 5. The molecule has 6 nitrogen and oxygen atoms in total. The fourth-order valence-corrected chi connectivity index (χ4v) is 2.07. The summed E-state index contributed by atoms with van der Waals surface area (Å²) in [5.41, 5.74) is 7.54. The van der Waals surface area contributed by atoms with E-state index in [1.54, 1.807) is 6.20 Å². The second kappa shape index (κ2) is 8.92. The van der Waals surface area contributed by atoms with Crippen molar-refractivity contribution in [2.75, 3.05) is 13.1 Å². The minimum absolute atomic E-state index is 0. The van der Waals surface area contributed by atoms with Crippen LogP contribution in [0.5, 0.6) is 0 Å². The molecule has 2 aromatic rings. The monoisotopic (exact) mass is 347 g/mol. The average molecular weight is 348 g/mol. The van der Waals surface area contributed by atoms with Gasteiger partial charge in [0.05, 0.1) is 17.5 Å². The zero-order valence-electron chi connectivity index (χ0n) is 13.0. The van der Waals surface area contributed by atoms with Gasteiger partial charge >= 0.3 is 0 Å².